The number of hydrogen-bond acceptors (Lipinski definition) is 4. The molecule has 2 N–H and O–H groups in total. The first kappa shape index (κ1) is 14.9. The summed E-state index contributed by atoms with van der Waals surface area (Å²) in [5.41, 5.74) is 6.95. The molecular weight excluding hydrogens is 271 g/mol. The van der Waals surface area contributed by atoms with E-state index in [4.69, 9.17) is 10.5 Å². The summed E-state index contributed by atoms with van der Waals surface area (Å²) in [6.07, 6.45) is 0.841. The fourth-order valence-electron chi connectivity index (χ4n) is 1.87. The van der Waals surface area contributed by atoms with Gasteiger partial charge in [-0.2, -0.15) is 5.26 Å². The molecule has 2 rings (SSSR count). The van der Waals surface area contributed by atoms with Crippen LogP contribution in [0, 0.1) is 17.1 Å². The molecule has 1 atom stereocenters. The summed E-state index contributed by atoms with van der Waals surface area (Å²) in [5.74, 6) is 0.210. The van der Waals surface area contributed by atoms with E-state index in [1.54, 1.807) is 16.8 Å². The molecule has 1 unspecified atom stereocenters. The summed E-state index contributed by atoms with van der Waals surface area (Å²) in [5, 5.41) is 13.4. The van der Waals surface area contributed by atoms with Crippen LogP contribution in [0.1, 0.15) is 37.4 Å². The highest BCUT2D eigenvalue weighted by Gasteiger charge is 2.19. The number of nitrogens with zero attached hydrogens (tertiary/aromatic N) is 3. The highest BCUT2D eigenvalue weighted by atomic mass is 19.1. The van der Waals surface area contributed by atoms with Crippen LogP contribution < -0.4 is 10.5 Å². The van der Waals surface area contributed by atoms with Crippen molar-refractivity contribution in [3.8, 4) is 11.9 Å². The third kappa shape index (κ3) is 3.14. The lowest BCUT2D eigenvalue weighted by atomic mass is 10.2. The highest BCUT2D eigenvalue weighted by Crippen LogP contribution is 2.27. The van der Waals surface area contributed by atoms with E-state index in [0.29, 0.717) is 5.82 Å². The van der Waals surface area contributed by atoms with Gasteiger partial charge in [-0.15, -0.1) is 5.10 Å². The number of ether oxygens (including phenoxy) is 1. The summed E-state index contributed by atoms with van der Waals surface area (Å²) in [6, 6.07) is 8.06. The van der Waals surface area contributed by atoms with Gasteiger partial charge in [0.05, 0.1) is 6.04 Å². The SMILES string of the molecule is CCC(C)n1nc(OCc2ccc(F)cc2)c(C#N)c1N. The quantitative estimate of drug-likeness (QED) is 0.917. The summed E-state index contributed by atoms with van der Waals surface area (Å²) >= 11 is 0. The summed E-state index contributed by atoms with van der Waals surface area (Å²) in [4.78, 5) is 0. The largest absolute Gasteiger partial charge is 0.471 e. The molecule has 110 valence electrons. The minimum atomic E-state index is -0.304. The standard InChI is InChI=1S/C15H17FN4O/c1-3-10(2)20-14(18)13(8-17)15(19-20)21-9-11-4-6-12(16)7-5-11/h4-7,10H,3,9,18H2,1-2H3. The molecule has 0 saturated carbocycles. The molecule has 21 heavy (non-hydrogen) atoms. The molecule has 0 aliphatic heterocycles. The van der Waals surface area contributed by atoms with E-state index < -0.39 is 0 Å². The normalized spacial score (nSPS) is 11.9. The van der Waals surface area contributed by atoms with Crippen molar-refractivity contribution in [1.29, 1.82) is 5.26 Å². The van der Waals surface area contributed by atoms with Gasteiger partial charge in [0, 0.05) is 0 Å². The van der Waals surface area contributed by atoms with E-state index in [1.807, 2.05) is 19.9 Å². The molecule has 0 fully saturated rings. The zero-order chi connectivity index (χ0) is 15.4. The molecule has 6 heteroatoms. The van der Waals surface area contributed by atoms with Crippen molar-refractivity contribution in [3.05, 3.63) is 41.2 Å². The van der Waals surface area contributed by atoms with E-state index >= 15 is 0 Å². The zero-order valence-electron chi connectivity index (χ0n) is 12.0. The number of anilines is 1. The Balaban J connectivity index is 2.20. The first-order valence-electron chi connectivity index (χ1n) is 6.72. The molecular formula is C15H17FN4O. The first-order chi connectivity index (χ1) is 10.1. The maximum absolute atomic E-state index is 12.8. The topological polar surface area (TPSA) is 76.9 Å². The van der Waals surface area contributed by atoms with Crippen molar-refractivity contribution in [3.63, 3.8) is 0 Å². The number of halogens is 1. The van der Waals surface area contributed by atoms with Crippen LogP contribution in [-0.2, 0) is 6.61 Å². The van der Waals surface area contributed by atoms with Gasteiger partial charge < -0.3 is 10.5 Å². The average molecular weight is 288 g/mol. The first-order valence-corrected chi connectivity index (χ1v) is 6.72. The van der Waals surface area contributed by atoms with Gasteiger partial charge in [-0.25, -0.2) is 9.07 Å². The van der Waals surface area contributed by atoms with Crippen LogP contribution in [0.3, 0.4) is 0 Å². The summed E-state index contributed by atoms with van der Waals surface area (Å²) in [6.45, 7) is 4.18. The number of rotatable bonds is 5. The molecule has 0 saturated heterocycles. The van der Waals surface area contributed by atoms with Crippen molar-refractivity contribution in [1.82, 2.24) is 9.78 Å². The number of nitrogen functional groups attached to an aromatic ring is 1. The van der Waals surface area contributed by atoms with Gasteiger partial charge in [-0.3, -0.25) is 0 Å². The average Bonchev–Trinajstić information content (AvgIpc) is 2.82. The van der Waals surface area contributed by atoms with Crippen molar-refractivity contribution in [2.24, 2.45) is 0 Å². The molecule has 0 aliphatic carbocycles. The lowest BCUT2D eigenvalue weighted by molar-refractivity contribution is 0.286. The minimum absolute atomic E-state index is 0.0836. The van der Waals surface area contributed by atoms with Gasteiger partial charge in [-0.05, 0) is 31.0 Å². The van der Waals surface area contributed by atoms with Gasteiger partial charge in [-0.1, -0.05) is 19.1 Å². The number of aromatic nitrogens is 2. The van der Waals surface area contributed by atoms with E-state index in [9.17, 15) is 9.65 Å². The predicted molar refractivity (Wildman–Crippen MR) is 77.1 cm³/mol. The molecule has 0 amide bonds. The van der Waals surface area contributed by atoms with Crippen LogP contribution in [0.15, 0.2) is 24.3 Å². The molecule has 1 aromatic heterocycles. The Labute approximate surface area is 122 Å². The van der Waals surface area contributed by atoms with Crippen LogP contribution >= 0.6 is 0 Å². The van der Waals surface area contributed by atoms with Crippen LogP contribution in [0.5, 0.6) is 5.88 Å². The summed E-state index contributed by atoms with van der Waals surface area (Å²) in [7, 11) is 0. The highest BCUT2D eigenvalue weighted by molar-refractivity contribution is 5.55. The maximum Gasteiger partial charge on any atom is 0.253 e. The van der Waals surface area contributed by atoms with Gasteiger partial charge in [0.25, 0.3) is 5.88 Å². The van der Waals surface area contributed by atoms with Crippen LogP contribution in [0.4, 0.5) is 10.2 Å². The zero-order valence-corrected chi connectivity index (χ0v) is 12.0. The number of nitriles is 1. The monoisotopic (exact) mass is 288 g/mol. The second kappa shape index (κ2) is 6.27. The van der Waals surface area contributed by atoms with E-state index in [1.165, 1.54) is 12.1 Å². The third-order valence-corrected chi connectivity index (χ3v) is 3.32. The van der Waals surface area contributed by atoms with Gasteiger partial charge in [0.2, 0.25) is 0 Å². The van der Waals surface area contributed by atoms with Gasteiger partial charge in [0.15, 0.2) is 5.56 Å². The van der Waals surface area contributed by atoms with Crippen LogP contribution in [-0.4, -0.2) is 9.78 Å². The lowest BCUT2D eigenvalue weighted by Crippen LogP contribution is -2.09. The molecule has 1 heterocycles. The molecule has 1 aromatic carbocycles. The summed E-state index contributed by atoms with van der Waals surface area (Å²) < 4.78 is 20.0. The Morgan fingerprint density at radius 2 is 2.10 bits per heavy atom. The van der Waals surface area contributed by atoms with Crippen molar-refractivity contribution >= 4 is 5.82 Å². The Morgan fingerprint density at radius 1 is 1.43 bits per heavy atom. The fraction of sp³-hybridized carbons (Fsp3) is 0.333. The molecule has 5 nitrogen and oxygen atoms in total. The third-order valence-electron chi connectivity index (χ3n) is 3.32. The maximum atomic E-state index is 12.8. The van der Waals surface area contributed by atoms with Crippen molar-refractivity contribution in [2.75, 3.05) is 5.73 Å². The van der Waals surface area contributed by atoms with Gasteiger partial charge in [0.1, 0.15) is 24.3 Å². The second-order valence-corrected chi connectivity index (χ2v) is 4.79. The molecule has 0 spiro atoms. The fourth-order valence-corrected chi connectivity index (χ4v) is 1.87. The van der Waals surface area contributed by atoms with E-state index in [0.717, 1.165) is 12.0 Å². The number of benzene rings is 1. The van der Waals surface area contributed by atoms with Crippen molar-refractivity contribution in [2.45, 2.75) is 32.9 Å². The van der Waals surface area contributed by atoms with Crippen LogP contribution in [0.2, 0.25) is 0 Å². The predicted octanol–water partition coefficient (Wildman–Crippen LogP) is 3.03. The Morgan fingerprint density at radius 3 is 2.67 bits per heavy atom. The molecule has 0 aliphatic rings. The Hall–Kier alpha value is -2.55. The van der Waals surface area contributed by atoms with E-state index in [2.05, 4.69) is 5.10 Å². The second-order valence-electron chi connectivity index (χ2n) is 4.79. The number of hydrogen-bond donors (Lipinski definition) is 1. The smallest absolute Gasteiger partial charge is 0.253 e. The van der Waals surface area contributed by atoms with Crippen molar-refractivity contribution < 1.29 is 9.13 Å². The Kier molecular flexibility index (Phi) is 4.43. The number of nitrogens with two attached hydrogens (primary N) is 1. The van der Waals surface area contributed by atoms with Gasteiger partial charge >= 0.3 is 0 Å². The minimum Gasteiger partial charge on any atom is -0.471 e. The molecule has 2 aromatic rings. The van der Waals surface area contributed by atoms with E-state index in [-0.39, 0.29) is 29.9 Å². The molecule has 0 bridgehead atoms. The lowest BCUT2D eigenvalue weighted by Gasteiger charge is -2.10. The van der Waals surface area contributed by atoms with Crippen LogP contribution in [0.25, 0.3) is 0 Å². The molecule has 0 radical (unpaired) electrons. The Bertz CT molecular complexity index is 658.